The predicted octanol–water partition coefficient (Wildman–Crippen LogP) is 4.33. The second-order valence-electron chi connectivity index (χ2n) is 7.10. The van der Waals surface area contributed by atoms with Gasteiger partial charge in [-0.3, -0.25) is 14.6 Å². The van der Waals surface area contributed by atoms with Crippen LogP contribution in [0.2, 0.25) is 5.02 Å². The zero-order valence-corrected chi connectivity index (χ0v) is 18.4. The molecule has 0 aliphatic carbocycles. The molecule has 8 heteroatoms. The summed E-state index contributed by atoms with van der Waals surface area (Å²) in [7, 11) is 1.60. The fourth-order valence-corrected chi connectivity index (χ4v) is 4.74. The highest BCUT2D eigenvalue weighted by atomic mass is 35.5. The summed E-state index contributed by atoms with van der Waals surface area (Å²) in [5.74, 6) is 0.575. The highest BCUT2D eigenvalue weighted by Gasteiger charge is 2.22. The van der Waals surface area contributed by atoms with Crippen molar-refractivity contribution in [2.75, 3.05) is 51.4 Å². The summed E-state index contributed by atoms with van der Waals surface area (Å²) < 4.78 is 11.7. The van der Waals surface area contributed by atoms with Crippen molar-refractivity contribution in [3.8, 4) is 5.75 Å². The Bertz CT molecular complexity index is 1020. The van der Waals surface area contributed by atoms with Gasteiger partial charge in [0.15, 0.2) is 5.13 Å². The zero-order valence-electron chi connectivity index (χ0n) is 16.8. The van der Waals surface area contributed by atoms with Crippen LogP contribution in [0.3, 0.4) is 0 Å². The van der Waals surface area contributed by atoms with E-state index in [0.717, 1.165) is 49.5 Å². The van der Waals surface area contributed by atoms with Gasteiger partial charge >= 0.3 is 0 Å². The average molecular weight is 446 g/mol. The molecule has 2 heterocycles. The van der Waals surface area contributed by atoms with Gasteiger partial charge in [0.2, 0.25) is 0 Å². The molecule has 0 saturated carbocycles. The molecule has 1 amide bonds. The first-order valence-corrected chi connectivity index (χ1v) is 11.2. The van der Waals surface area contributed by atoms with Crippen LogP contribution in [0, 0.1) is 0 Å². The molecular weight excluding hydrogens is 422 g/mol. The molecule has 1 aliphatic heterocycles. The van der Waals surface area contributed by atoms with E-state index in [1.807, 2.05) is 36.4 Å². The molecule has 3 aromatic rings. The molecule has 158 valence electrons. The number of carbonyl (C=O) groups is 1. The molecule has 0 unspecified atom stereocenters. The van der Waals surface area contributed by atoms with E-state index in [9.17, 15) is 4.79 Å². The average Bonchev–Trinajstić information content (AvgIpc) is 3.19. The monoisotopic (exact) mass is 445 g/mol. The van der Waals surface area contributed by atoms with Gasteiger partial charge in [0.1, 0.15) is 5.75 Å². The Morgan fingerprint density at radius 2 is 2.10 bits per heavy atom. The van der Waals surface area contributed by atoms with E-state index in [0.29, 0.717) is 28.0 Å². The number of aromatic nitrogens is 1. The van der Waals surface area contributed by atoms with Crippen LogP contribution in [0.25, 0.3) is 10.2 Å². The van der Waals surface area contributed by atoms with Crippen molar-refractivity contribution < 1.29 is 14.3 Å². The number of rotatable bonds is 7. The number of halogens is 1. The second-order valence-corrected chi connectivity index (χ2v) is 8.55. The lowest BCUT2D eigenvalue weighted by atomic mass is 10.2. The van der Waals surface area contributed by atoms with Gasteiger partial charge in [-0.1, -0.05) is 29.0 Å². The Balaban J connectivity index is 1.58. The van der Waals surface area contributed by atoms with Gasteiger partial charge in [0.25, 0.3) is 5.91 Å². The number of carbonyl (C=O) groups excluding carboxylic acids is 1. The quantitative estimate of drug-likeness (QED) is 0.542. The van der Waals surface area contributed by atoms with Gasteiger partial charge in [-0.25, -0.2) is 4.98 Å². The van der Waals surface area contributed by atoms with E-state index in [1.54, 1.807) is 18.1 Å². The molecular formula is C22H24ClN3O3S. The van der Waals surface area contributed by atoms with Gasteiger partial charge in [0, 0.05) is 36.8 Å². The number of methoxy groups -OCH3 is 1. The van der Waals surface area contributed by atoms with Gasteiger partial charge in [-0.05, 0) is 42.8 Å². The Labute approximate surface area is 185 Å². The van der Waals surface area contributed by atoms with Crippen LogP contribution in [0.1, 0.15) is 16.8 Å². The third-order valence-corrected chi connectivity index (χ3v) is 6.37. The SMILES string of the molecule is COc1cccc(C(=O)N(CCCN2CCOCC2)c2nc3ccc(Cl)cc3s2)c1. The normalized spacial score (nSPS) is 14.7. The maximum absolute atomic E-state index is 13.4. The maximum Gasteiger partial charge on any atom is 0.260 e. The number of ether oxygens (including phenoxy) is 2. The Kier molecular flexibility index (Phi) is 6.84. The lowest BCUT2D eigenvalue weighted by Crippen LogP contribution is -2.39. The van der Waals surface area contributed by atoms with Crippen molar-refractivity contribution in [3.63, 3.8) is 0 Å². The molecule has 1 saturated heterocycles. The minimum atomic E-state index is -0.0824. The van der Waals surface area contributed by atoms with Gasteiger partial charge in [0.05, 0.1) is 30.5 Å². The van der Waals surface area contributed by atoms with Gasteiger partial charge < -0.3 is 9.47 Å². The van der Waals surface area contributed by atoms with Crippen molar-refractivity contribution in [2.45, 2.75) is 6.42 Å². The number of thiazole rings is 1. The number of hydrogen-bond acceptors (Lipinski definition) is 6. The minimum Gasteiger partial charge on any atom is -0.497 e. The molecule has 0 radical (unpaired) electrons. The van der Waals surface area contributed by atoms with E-state index in [4.69, 9.17) is 26.1 Å². The Morgan fingerprint density at radius 1 is 1.27 bits per heavy atom. The summed E-state index contributed by atoms with van der Waals surface area (Å²) in [5, 5.41) is 1.35. The van der Waals surface area contributed by atoms with Crippen LogP contribution in [0.5, 0.6) is 5.75 Å². The highest BCUT2D eigenvalue weighted by Crippen LogP contribution is 2.32. The van der Waals surface area contributed by atoms with Crippen LogP contribution in [-0.4, -0.2) is 62.3 Å². The lowest BCUT2D eigenvalue weighted by Gasteiger charge is -2.27. The molecule has 4 rings (SSSR count). The molecule has 1 fully saturated rings. The predicted molar refractivity (Wildman–Crippen MR) is 121 cm³/mol. The van der Waals surface area contributed by atoms with Crippen molar-refractivity contribution in [1.29, 1.82) is 0 Å². The number of fused-ring (bicyclic) bond motifs is 1. The van der Waals surface area contributed by atoms with Crippen molar-refractivity contribution >= 4 is 44.2 Å². The summed E-state index contributed by atoms with van der Waals surface area (Å²) in [6.45, 7) is 4.91. The van der Waals surface area contributed by atoms with Crippen LogP contribution in [-0.2, 0) is 4.74 Å². The fraction of sp³-hybridized carbons (Fsp3) is 0.364. The van der Waals surface area contributed by atoms with E-state index in [-0.39, 0.29) is 5.91 Å². The van der Waals surface area contributed by atoms with Crippen LogP contribution < -0.4 is 9.64 Å². The van der Waals surface area contributed by atoms with Gasteiger partial charge in [-0.15, -0.1) is 0 Å². The minimum absolute atomic E-state index is 0.0824. The third kappa shape index (κ3) is 4.92. The van der Waals surface area contributed by atoms with E-state index in [2.05, 4.69) is 4.90 Å². The van der Waals surface area contributed by atoms with Crippen LogP contribution in [0.4, 0.5) is 5.13 Å². The second kappa shape index (κ2) is 9.75. The molecule has 2 aromatic carbocycles. The maximum atomic E-state index is 13.4. The largest absolute Gasteiger partial charge is 0.497 e. The number of hydrogen-bond donors (Lipinski definition) is 0. The molecule has 0 atom stereocenters. The third-order valence-electron chi connectivity index (χ3n) is 5.09. The van der Waals surface area contributed by atoms with Crippen molar-refractivity contribution in [3.05, 3.63) is 53.1 Å². The molecule has 1 aliphatic rings. The summed E-state index contributed by atoms with van der Waals surface area (Å²) in [5.41, 5.74) is 1.43. The standard InChI is InChI=1S/C22H24ClN3O3S/c1-28-18-5-2-4-16(14-18)21(27)26(9-3-8-25-10-12-29-13-11-25)22-24-19-7-6-17(23)15-20(19)30-22/h2,4-7,14-15H,3,8-13H2,1H3. The summed E-state index contributed by atoms with van der Waals surface area (Å²) in [4.78, 5) is 22.3. The van der Waals surface area contributed by atoms with E-state index < -0.39 is 0 Å². The van der Waals surface area contributed by atoms with Crippen molar-refractivity contribution in [2.24, 2.45) is 0 Å². The number of benzene rings is 2. The molecule has 0 bridgehead atoms. The number of morpholine rings is 1. The smallest absolute Gasteiger partial charge is 0.260 e. The number of amides is 1. The molecule has 6 nitrogen and oxygen atoms in total. The first-order valence-electron chi connectivity index (χ1n) is 9.96. The van der Waals surface area contributed by atoms with E-state index in [1.165, 1.54) is 11.3 Å². The van der Waals surface area contributed by atoms with Crippen LogP contribution >= 0.6 is 22.9 Å². The molecule has 1 aromatic heterocycles. The van der Waals surface area contributed by atoms with Gasteiger partial charge in [-0.2, -0.15) is 0 Å². The summed E-state index contributed by atoms with van der Waals surface area (Å²) in [6, 6.07) is 12.8. The highest BCUT2D eigenvalue weighted by molar-refractivity contribution is 7.22. The number of anilines is 1. The molecule has 0 spiro atoms. The lowest BCUT2D eigenvalue weighted by molar-refractivity contribution is 0.0376. The van der Waals surface area contributed by atoms with Crippen molar-refractivity contribution in [1.82, 2.24) is 9.88 Å². The molecule has 30 heavy (non-hydrogen) atoms. The summed E-state index contributed by atoms with van der Waals surface area (Å²) >= 11 is 7.62. The first kappa shape index (κ1) is 21.1. The Morgan fingerprint density at radius 3 is 2.90 bits per heavy atom. The van der Waals surface area contributed by atoms with E-state index >= 15 is 0 Å². The fourth-order valence-electron chi connectivity index (χ4n) is 3.47. The summed E-state index contributed by atoms with van der Waals surface area (Å²) in [6.07, 6.45) is 0.854. The topological polar surface area (TPSA) is 54.9 Å². The zero-order chi connectivity index (χ0) is 20.9. The van der Waals surface area contributed by atoms with Crippen LogP contribution in [0.15, 0.2) is 42.5 Å². The Hall–Kier alpha value is -2.19. The number of nitrogens with zero attached hydrogens (tertiary/aromatic N) is 3. The first-order chi connectivity index (χ1) is 14.6. The molecule has 0 N–H and O–H groups in total.